The second-order valence-corrected chi connectivity index (χ2v) is 7.26. The zero-order valence-electron chi connectivity index (χ0n) is 13.9. The lowest BCUT2D eigenvalue weighted by Gasteiger charge is -2.23. The van der Waals surface area contributed by atoms with Crippen LogP contribution < -0.4 is 9.46 Å². The minimum absolute atomic E-state index is 0.276. The van der Waals surface area contributed by atoms with E-state index in [-0.39, 0.29) is 17.7 Å². The topological polar surface area (TPSA) is 73.9 Å². The summed E-state index contributed by atoms with van der Waals surface area (Å²) in [4.78, 5) is 0.281. The number of benzene rings is 1. The van der Waals surface area contributed by atoms with Gasteiger partial charge in [-0.2, -0.15) is 0 Å². The van der Waals surface area contributed by atoms with Crippen LogP contribution in [0.15, 0.2) is 17.0 Å². The summed E-state index contributed by atoms with van der Waals surface area (Å²) in [6.45, 7) is 7.65. The van der Waals surface area contributed by atoms with Gasteiger partial charge in [0.2, 0.25) is 10.0 Å². The number of aryl methyl sites for hydroxylation is 2. The minimum atomic E-state index is -3.56. The van der Waals surface area contributed by atoms with Gasteiger partial charge in [0.25, 0.3) is 0 Å². The Morgan fingerprint density at radius 1 is 1.22 bits per heavy atom. The summed E-state index contributed by atoms with van der Waals surface area (Å²) in [6, 6.07) is 3.41. The maximum absolute atomic E-state index is 12.5. The molecule has 7 heteroatoms. The van der Waals surface area contributed by atoms with E-state index in [9.17, 15) is 8.42 Å². The Kier molecular flexibility index (Phi) is 6.41. The second kappa shape index (κ2) is 8.10. The molecule has 1 heterocycles. The molecule has 0 spiro atoms. The van der Waals surface area contributed by atoms with Gasteiger partial charge >= 0.3 is 0 Å². The lowest BCUT2D eigenvalue weighted by molar-refractivity contribution is -0.180. The first-order valence-electron chi connectivity index (χ1n) is 7.91. The van der Waals surface area contributed by atoms with Gasteiger partial charge in [-0.25, -0.2) is 13.1 Å². The van der Waals surface area contributed by atoms with Crippen molar-refractivity contribution in [2.45, 2.75) is 44.8 Å². The molecule has 1 saturated heterocycles. The summed E-state index contributed by atoms with van der Waals surface area (Å²) in [5.41, 5.74) is 1.47. The van der Waals surface area contributed by atoms with Crippen molar-refractivity contribution >= 4 is 10.0 Å². The fourth-order valence-corrected chi connectivity index (χ4v) is 3.81. The van der Waals surface area contributed by atoms with Crippen molar-refractivity contribution < 1.29 is 22.6 Å². The van der Waals surface area contributed by atoms with Crippen molar-refractivity contribution in [2.24, 2.45) is 0 Å². The van der Waals surface area contributed by atoms with E-state index in [0.717, 1.165) is 12.0 Å². The molecule has 0 unspecified atom stereocenters. The van der Waals surface area contributed by atoms with Crippen molar-refractivity contribution in [1.82, 2.24) is 4.72 Å². The number of sulfonamides is 1. The number of hydrogen-bond donors (Lipinski definition) is 1. The Hall–Kier alpha value is -1.15. The molecule has 0 radical (unpaired) electrons. The lowest BCUT2D eigenvalue weighted by atomic mass is 10.1. The third kappa shape index (κ3) is 4.91. The van der Waals surface area contributed by atoms with Crippen LogP contribution in [0.3, 0.4) is 0 Å². The lowest BCUT2D eigenvalue weighted by Crippen LogP contribution is -2.32. The quantitative estimate of drug-likeness (QED) is 0.821. The number of rotatable bonds is 7. The van der Waals surface area contributed by atoms with Crippen LogP contribution in [0, 0.1) is 13.8 Å². The van der Waals surface area contributed by atoms with Crippen LogP contribution in [0.5, 0.6) is 5.75 Å². The van der Waals surface area contributed by atoms with Crippen molar-refractivity contribution in [1.29, 1.82) is 0 Å². The third-order valence-corrected chi connectivity index (χ3v) is 5.23. The van der Waals surface area contributed by atoms with Crippen LogP contribution in [0.2, 0.25) is 0 Å². The Balaban J connectivity index is 2.02. The predicted molar refractivity (Wildman–Crippen MR) is 87.2 cm³/mol. The van der Waals surface area contributed by atoms with Gasteiger partial charge in [-0.15, -0.1) is 0 Å². The molecule has 0 aliphatic carbocycles. The molecule has 0 saturated carbocycles. The number of ether oxygens (including phenoxy) is 3. The van der Waals surface area contributed by atoms with Crippen LogP contribution in [0.4, 0.5) is 0 Å². The molecule has 1 aliphatic rings. The normalized spacial score (nSPS) is 16.5. The van der Waals surface area contributed by atoms with Crippen LogP contribution in [0.25, 0.3) is 0 Å². The van der Waals surface area contributed by atoms with Gasteiger partial charge in [0, 0.05) is 13.0 Å². The van der Waals surface area contributed by atoms with E-state index in [1.807, 2.05) is 13.8 Å². The highest BCUT2D eigenvalue weighted by atomic mass is 32.2. The molecule has 0 bridgehead atoms. The van der Waals surface area contributed by atoms with E-state index in [1.165, 1.54) is 0 Å². The monoisotopic (exact) mass is 343 g/mol. The summed E-state index contributed by atoms with van der Waals surface area (Å²) in [7, 11) is -3.56. The van der Waals surface area contributed by atoms with Crippen molar-refractivity contribution in [3.05, 3.63) is 23.3 Å². The van der Waals surface area contributed by atoms with Gasteiger partial charge in [0.15, 0.2) is 6.29 Å². The summed E-state index contributed by atoms with van der Waals surface area (Å²) < 4.78 is 43.9. The molecule has 1 fully saturated rings. The highest BCUT2D eigenvalue weighted by Gasteiger charge is 2.20. The highest BCUT2D eigenvalue weighted by molar-refractivity contribution is 7.89. The molecule has 0 amide bonds. The Bertz CT molecular complexity index is 624. The van der Waals surface area contributed by atoms with Gasteiger partial charge < -0.3 is 14.2 Å². The maximum Gasteiger partial charge on any atom is 0.240 e. The molecule has 0 aromatic heterocycles. The Labute approximate surface area is 138 Å². The molecule has 6 nitrogen and oxygen atoms in total. The van der Waals surface area contributed by atoms with Gasteiger partial charge in [-0.05, 0) is 50.5 Å². The van der Waals surface area contributed by atoms with Crippen LogP contribution in [-0.4, -0.2) is 41.1 Å². The molecule has 1 aromatic rings. The summed E-state index contributed by atoms with van der Waals surface area (Å²) >= 11 is 0. The van der Waals surface area contributed by atoms with E-state index < -0.39 is 10.0 Å². The number of hydrogen-bond acceptors (Lipinski definition) is 5. The zero-order valence-corrected chi connectivity index (χ0v) is 14.7. The molecule has 130 valence electrons. The van der Waals surface area contributed by atoms with Crippen LogP contribution >= 0.6 is 0 Å². The molecule has 2 rings (SSSR count). The maximum atomic E-state index is 12.5. The van der Waals surface area contributed by atoms with E-state index >= 15 is 0 Å². The molecule has 1 aromatic carbocycles. The summed E-state index contributed by atoms with van der Waals surface area (Å²) in [6.07, 6.45) is 1.05. The molecule has 0 atom stereocenters. The second-order valence-electron chi connectivity index (χ2n) is 5.53. The molecule has 1 N–H and O–H groups in total. The van der Waals surface area contributed by atoms with E-state index in [0.29, 0.717) is 37.6 Å². The van der Waals surface area contributed by atoms with Crippen molar-refractivity contribution in [3.8, 4) is 5.75 Å². The first-order chi connectivity index (χ1) is 10.9. The first-order valence-corrected chi connectivity index (χ1v) is 9.39. The van der Waals surface area contributed by atoms with Gasteiger partial charge in [0.05, 0.1) is 24.7 Å². The fourth-order valence-electron chi connectivity index (χ4n) is 2.46. The largest absolute Gasteiger partial charge is 0.494 e. The molecule has 23 heavy (non-hydrogen) atoms. The average Bonchev–Trinajstić information content (AvgIpc) is 2.51. The number of nitrogens with one attached hydrogen (secondary N) is 1. The van der Waals surface area contributed by atoms with Crippen molar-refractivity contribution in [2.75, 3.05) is 26.4 Å². The molecular formula is C16H25NO5S. The Morgan fingerprint density at radius 2 is 1.91 bits per heavy atom. The highest BCUT2D eigenvalue weighted by Crippen LogP contribution is 2.25. The van der Waals surface area contributed by atoms with Crippen LogP contribution in [-0.2, 0) is 19.5 Å². The first kappa shape index (κ1) is 18.2. The summed E-state index contributed by atoms with van der Waals surface area (Å²) in [5, 5.41) is 0. The van der Waals surface area contributed by atoms with Gasteiger partial charge in [-0.1, -0.05) is 0 Å². The minimum Gasteiger partial charge on any atom is -0.494 e. The van der Waals surface area contributed by atoms with E-state index in [2.05, 4.69) is 4.72 Å². The molecule has 1 aliphatic heterocycles. The van der Waals surface area contributed by atoms with E-state index in [1.54, 1.807) is 19.1 Å². The standard InChI is InChI=1S/C16H25NO5S/c1-4-20-14-10-13(3)15(11-12(14)2)23(18,19)17-7-6-16-21-8-5-9-22-16/h10-11,16-17H,4-9H2,1-3H3. The van der Waals surface area contributed by atoms with Gasteiger partial charge in [0.1, 0.15) is 5.75 Å². The van der Waals surface area contributed by atoms with Crippen LogP contribution in [0.1, 0.15) is 30.9 Å². The third-order valence-electron chi connectivity index (χ3n) is 3.63. The zero-order chi connectivity index (χ0) is 16.9. The van der Waals surface area contributed by atoms with Crippen molar-refractivity contribution in [3.63, 3.8) is 0 Å². The average molecular weight is 343 g/mol. The smallest absolute Gasteiger partial charge is 0.240 e. The molecular weight excluding hydrogens is 318 g/mol. The Morgan fingerprint density at radius 3 is 2.57 bits per heavy atom. The van der Waals surface area contributed by atoms with E-state index in [4.69, 9.17) is 14.2 Å². The predicted octanol–water partition coefficient (Wildman–Crippen LogP) is 2.13. The SMILES string of the molecule is CCOc1cc(C)c(S(=O)(=O)NCCC2OCCCO2)cc1C. The van der Waals surface area contributed by atoms with Gasteiger partial charge in [-0.3, -0.25) is 0 Å². The summed E-state index contributed by atoms with van der Waals surface area (Å²) in [5.74, 6) is 0.716. The fraction of sp³-hybridized carbons (Fsp3) is 0.625.